The van der Waals surface area contributed by atoms with E-state index in [1.165, 1.54) is 0 Å². The molecule has 1 aliphatic heterocycles. The summed E-state index contributed by atoms with van der Waals surface area (Å²) in [4.78, 5) is 14.5. The molecule has 0 spiro atoms. The van der Waals surface area contributed by atoms with Crippen LogP contribution in [0.1, 0.15) is 32.3 Å². The van der Waals surface area contributed by atoms with Crippen molar-refractivity contribution in [3.8, 4) is 5.75 Å². The predicted molar refractivity (Wildman–Crippen MR) is 79.7 cm³/mol. The van der Waals surface area contributed by atoms with Crippen LogP contribution in [0.2, 0.25) is 0 Å². The molecule has 0 bridgehead atoms. The Morgan fingerprint density at radius 3 is 2.85 bits per heavy atom. The number of benzene rings is 1. The van der Waals surface area contributed by atoms with E-state index in [1.807, 2.05) is 11.0 Å². The topological polar surface area (TPSA) is 52.6 Å². The molecular formula is C16H24N2O2. The minimum absolute atomic E-state index is 0.155. The quantitative estimate of drug-likeness (QED) is 0.883. The molecule has 4 nitrogen and oxygen atoms in total. The van der Waals surface area contributed by atoms with Crippen LogP contribution in [0, 0.1) is 0 Å². The number of phenolic OH excluding ortho intramolecular Hbond substituents is 1. The van der Waals surface area contributed by atoms with Gasteiger partial charge in [0.05, 0.1) is 6.42 Å². The summed E-state index contributed by atoms with van der Waals surface area (Å²) in [5.74, 6) is 0.372. The number of nitrogens with one attached hydrogen (secondary N) is 1. The highest BCUT2D eigenvalue weighted by atomic mass is 16.3. The van der Waals surface area contributed by atoms with Gasteiger partial charge < -0.3 is 15.3 Å². The maximum Gasteiger partial charge on any atom is 0.227 e. The van der Waals surface area contributed by atoms with Crippen LogP contribution in [0.25, 0.3) is 0 Å². The molecule has 1 saturated heterocycles. The van der Waals surface area contributed by atoms with Gasteiger partial charge in [0.25, 0.3) is 0 Å². The third kappa shape index (κ3) is 3.51. The van der Waals surface area contributed by atoms with Crippen molar-refractivity contribution in [2.24, 2.45) is 0 Å². The Morgan fingerprint density at radius 1 is 1.40 bits per heavy atom. The second kappa shape index (κ2) is 6.75. The minimum atomic E-state index is 0.155. The number of phenols is 1. The van der Waals surface area contributed by atoms with Crippen LogP contribution in [0.3, 0.4) is 0 Å². The summed E-state index contributed by atoms with van der Waals surface area (Å²) in [7, 11) is 0. The van der Waals surface area contributed by atoms with Gasteiger partial charge in [-0.3, -0.25) is 4.79 Å². The Labute approximate surface area is 120 Å². The molecule has 0 aliphatic carbocycles. The number of rotatable bonds is 4. The number of hydrogen-bond donors (Lipinski definition) is 2. The molecule has 1 aliphatic rings. The van der Waals surface area contributed by atoms with Crippen LogP contribution in [0.4, 0.5) is 0 Å². The lowest BCUT2D eigenvalue weighted by Crippen LogP contribution is -2.58. The van der Waals surface area contributed by atoms with E-state index in [0.717, 1.165) is 31.5 Å². The number of carbonyl (C=O) groups excluding carboxylic acids is 1. The fraction of sp³-hybridized carbons (Fsp3) is 0.562. The standard InChI is InChI=1S/C16H24N2O2/c1-3-13-11-18(14(4-2)10-17-13)16(20)9-12-6-5-7-15(19)8-12/h5-8,13-14,17,19H,3-4,9-11H2,1-2H3. The highest BCUT2D eigenvalue weighted by molar-refractivity contribution is 5.79. The van der Waals surface area contributed by atoms with Crippen molar-refractivity contribution >= 4 is 5.91 Å². The van der Waals surface area contributed by atoms with Gasteiger partial charge in [-0.2, -0.15) is 0 Å². The second-order valence-corrected chi connectivity index (χ2v) is 5.47. The first-order chi connectivity index (χ1) is 9.63. The van der Waals surface area contributed by atoms with Crippen molar-refractivity contribution in [3.05, 3.63) is 29.8 Å². The number of nitrogens with zero attached hydrogens (tertiary/aromatic N) is 1. The van der Waals surface area contributed by atoms with Gasteiger partial charge in [-0.05, 0) is 30.5 Å². The van der Waals surface area contributed by atoms with Crippen molar-refractivity contribution in [2.45, 2.75) is 45.2 Å². The van der Waals surface area contributed by atoms with Crippen LogP contribution in [-0.2, 0) is 11.2 Å². The molecule has 1 aromatic carbocycles. The smallest absolute Gasteiger partial charge is 0.227 e. The zero-order valence-electron chi connectivity index (χ0n) is 12.3. The molecule has 20 heavy (non-hydrogen) atoms. The number of carbonyl (C=O) groups is 1. The lowest BCUT2D eigenvalue weighted by molar-refractivity contribution is -0.134. The van der Waals surface area contributed by atoms with Crippen LogP contribution in [-0.4, -0.2) is 41.1 Å². The molecule has 0 saturated carbocycles. The molecule has 1 amide bonds. The van der Waals surface area contributed by atoms with E-state index in [4.69, 9.17) is 0 Å². The number of piperazine rings is 1. The third-order valence-corrected chi connectivity index (χ3v) is 4.05. The largest absolute Gasteiger partial charge is 0.508 e. The van der Waals surface area contributed by atoms with E-state index in [9.17, 15) is 9.90 Å². The SMILES string of the molecule is CCC1CN(C(=O)Cc2cccc(O)c2)C(CC)CN1. The average molecular weight is 276 g/mol. The van der Waals surface area contributed by atoms with Gasteiger partial charge in [-0.15, -0.1) is 0 Å². The molecule has 2 unspecified atom stereocenters. The summed E-state index contributed by atoms with van der Waals surface area (Å²) in [6, 6.07) is 7.63. The predicted octanol–water partition coefficient (Wildman–Crippen LogP) is 1.92. The van der Waals surface area contributed by atoms with E-state index in [0.29, 0.717) is 12.5 Å². The molecule has 2 N–H and O–H groups in total. The molecule has 1 fully saturated rings. The molecule has 4 heteroatoms. The Morgan fingerprint density at radius 2 is 2.20 bits per heavy atom. The Hall–Kier alpha value is -1.55. The Bertz CT molecular complexity index is 462. The zero-order chi connectivity index (χ0) is 14.5. The number of amides is 1. The van der Waals surface area contributed by atoms with E-state index < -0.39 is 0 Å². The van der Waals surface area contributed by atoms with E-state index in [-0.39, 0.29) is 17.7 Å². The summed E-state index contributed by atoms with van der Waals surface area (Å²) in [6.45, 7) is 5.92. The number of aromatic hydroxyl groups is 1. The summed E-state index contributed by atoms with van der Waals surface area (Å²) in [5, 5.41) is 13.0. The third-order valence-electron chi connectivity index (χ3n) is 4.05. The zero-order valence-corrected chi connectivity index (χ0v) is 12.3. The van der Waals surface area contributed by atoms with Crippen LogP contribution < -0.4 is 5.32 Å². The van der Waals surface area contributed by atoms with Crippen LogP contribution >= 0.6 is 0 Å². The van der Waals surface area contributed by atoms with E-state index >= 15 is 0 Å². The highest BCUT2D eigenvalue weighted by Crippen LogP contribution is 2.16. The lowest BCUT2D eigenvalue weighted by Gasteiger charge is -2.40. The van der Waals surface area contributed by atoms with Crippen molar-refractivity contribution in [3.63, 3.8) is 0 Å². The maximum atomic E-state index is 12.5. The fourth-order valence-electron chi connectivity index (χ4n) is 2.75. The Kier molecular flexibility index (Phi) is 5.01. The first-order valence-corrected chi connectivity index (χ1v) is 7.44. The second-order valence-electron chi connectivity index (χ2n) is 5.47. The minimum Gasteiger partial charge on any atom is -0.508 e. The summed E-state index contributed by atoms with van der Waals surface area (Å²) in [5.41, 5.74) is 0.872. The van der Waals surface area contributed by atoms with Gasteiger partial charge in [0.2, 0.25) is 5.91 Å². The average Bonchev–Trinajstić information content (AvgIpc) is 2.46. The first kappa shape index (κ1) is 14.9. The monoisotopic (exact) mass is 276 g/mol. The normalized spacial score (nSPS) is 22.8. The van der Waals surface area contributed by atoms with E-state index in [1.54, 1.807) is 18.2 Å². The van der Waals surface area contributed by atoms with Crippen LogP contribution in [0.5, 0.6) is 5.75 Å². The maximum absolute atomic E-state index is 12.5. The molecule has 2 rings (SSSR count). The van der Waals surface area contributed by atoms with Gasteiger partial charge in [0.15, 0.2) is 0 Å². The molecule has 110 valence electrons. The van der Waals surface area contributed by atoms with Gasteiger partial charge in [-0.25, -0.2) is 0 Å². The molecule has 0 radical (unpaired) electrons. The molecule has 0 aromatic heterocycles. The summed E-state index contributed by atoms with van der Waals surface area (Å²) >= 11 is 0. The number of hydrogen-bond acceptors (Lipinski definition) is 3. The van der Waals surface area contributed by atoms with Crippen molar-refractivity contribution < 1.29 is 9.90 Å². The first-order valence-electron chi connectivity index (χ1n) is 7.44. The summed E-state index contributed by atoms with van der Waals surface area (Å²) in [6.07, 6.45) is 2.36. The van der Waals surface area contributed by atoms with Gasteiger partial charge in [-0.1, -0.05) is 26.0 Å². The van der Waals surface area contributed by atoms with Crippen LogP contribution in [0.15, 0.2) is 24.3 Å². The summed E-state index contributed by atoms with van der Waals surface area (Å²) < 4.78 is 0. The van der Waals surface area contributed by atoms with Crippen molar-refractivity contribution in [2.75, 3.05) is 13.1 Å². The van der Waals surface area contributed by atoms with Gasteiger partial charge in [0.1, 0.15) is 5.75 Å². The molecule has 2 atom stereocenters. The van der Waals surface area contributed by atoms with E-state index in [2.05, 4.69) is 19.2 Å². The Balaban J connectivity index is 2.05. The van der Waals surface area contributed by atoms with Gasteiger partial charge in [0, 0.05) is 25.2 Å². The highest BCUT2D eigenvalue weighted by Gasteiger charge is 2.29. The van der Waals surface area contributed by atoms with Crippen molar-refractivity contribution in [1.29, 1.82) is 0 Å². The lowest BCUT2D eigenvalue weighted by atomic mass is 10.0. The van der Waals surface area contributed by atoms with Gasteiger partial charge >= 0.3 is 0 Å². The molecule has 1 aromatic rings. The molecule has 1 heterocycles. The molecular weight excluding hydrogens is 252 g/mol. The van der Waals surface area contributed by atoms with Crippen molar-refractivity contribution in [1.82, 2.24) is 10.2 Å². The fourth-order valence-corrected chi connectivity index (χ4v) is 2.75.